The second-order valence-corrected chi connectivity index (χ2v) is 6.38. The van der Waals surface area contributed by atoms with Crippen molar-refractivity contribution in [3.63, 3.8) is 0 Å². The highest BCUT2D eigenvalue weighted by Crippen LogP contribution is 2.22. The van der Waals surface area contributed by atoms with Gasteiger partial charge in [-0.05, 0) is 6.07 Å². The molecule has 0 spiro atoms. The van der Waals surface area contributed by atoms with Crippen molar-refractivity contribution in [2.45, 2.75) is 19.6 Å². The fraction of sp³-hybridized carbons (Fsp3) is 0.316. The lowest BCUT2D eigenvalue weighted by atomic mass is 10.2. The molecule has 1 aliphatic heterocycles. The minimum absolute atomic E-state index is 0.0135. The van der Waals surface area contributed by atoms with Crippen molar-refractivity contribution in [3.8, 4) is 5.75 Å². The summed E-state index contributed by atoms with van der Waals surface area (Å²) >= 11 is 0. The molecule has 0 saturated heterocycles. The molecule has 27 heavy (non-hydrogen) atoms. The molecule has 0 saturated carbocycles. The molecule has 4 rings (SSSR count). The average molecular weight is 368 g/mol. The molecule has 0 bridgehead atoms. The summed E-state index contributed by atoms with van der Waals surface area (Å²) in [7, 11) is 0. The van der Waals surface area contributed by atoms with Gasteiger partial charge in [0.25, 0.3) is 0 Å². The Bertz CT molecular complexity index is 827. The van der Waals surface area contributed by atoms with E-state index in [0.29, 0.717) is 44.2 Å². The summed E-state index contributed by atoms with van der Waals surface area (Å²) in [6.45, 7) is 2.89. The number of oxazole rings is 2. The predicted molar refractivity (Wildman–Crippen MR) is 94.5 cm³/mol. The van der Waals surface area contributed by atoms with Crippen LogP contribution in [0.15, 0.2) is 58.4 Å². The highest BCUT2D eigenvalue weighted by molar-refractivity contribution is 5.78. The number of carbonyl (C=O) groups excluding carboxylic acids is 1. The van der Waals surface area contributed by atoms with Crippen LogP contribution in [0.3, 0.4) is 0 Å². The third-order valence-electron chi connectivity index (χ3n) is 4.42. The first-order valence-corrected chi connectivity index (χ1v) is 8.73. The van der Waals surface area contributed by atoms with Crippen molar-refractivity contribution in [3.05, 3.63) is 66.5 Å². The van der Waals surface area contributed by atoms with Crippen molar-refractivity contribution in [2.75, 3.05) is 19.7 Å². The number of carbonyl (C=O) groups is 1. The van der Waals surface area contributed by atoms with E-state index < -0.39 is 0 Å². The zero-order valence-corrected chi connectivity index (χ0v) is 14.8. The summed E-state index contributed by atoms with van der Waals surface area (Å²) in [4.78, 5) is 25.0. The average Bonchev–Trinajstić information content (AvgIpc) is 3.33. The van der Waals surface area contributed by atoms with Crippen LogP contribution < -0.4 is 4.74 Å². The number of hydrogen-bond donors (Lipinski definition) is 0. The Labute approximate surface area is 156 Å². The molecule has 0 radical (unpaired) electrons. The van der Waals surface area contributed by atoms with Crippen LogP contribution in [0.2, 0.25) is 0 Å². The van der Waals surface area contributed by atoms with Gasteiger partial charge in [-0.25, -0.2) is 9.97 Å². The van der Waals surface area contributed by atoms with Gasteiger partial charge in [-0.3, -0.25) is 9.69 Å². The molecular weight excluding hydrogens is 348 g/mol. The number of aromatic nitrogens is 2. The van der Waals surface area contributed by atoms with Gasteiger partial charge < -0.3 is 18.5 Å². The van der Waals surface area contributed by atoms with Crippen molar-refractivity contribution < 1.29 is 18.4 Å². The standard InChI is InChI=1S/C19H20N4O4/c24-19(10-22-5-6-27-18-4-2-1-3-15(18)7-22)23(8-16-11-25-13-20-16)9-17-12-26-14-21-17/h1-4,11-14H,5-10H2. The van der Waals surface area contributed by atoms with Crippen LogP contribution in [0.25, 0.3) is 0 Å². The van der Waals surface area contributed by atoms with Gasteiger partial charge >= 0.3 is 0 Å². The molecule has 1 aliphatic rings. The zero-order chi connectivity index (χ0) is 18.5. The number of ether oxygens (including phenoxy) is 1. The van der Waals surface area contributed by atoms with Gasteiger partial charge in [0.1, 0.15) is 24.9 Å². The smallest absolute Gasteiger partial charge is 0.237 e. The molecule has 1 aromatic carbocycles. The zero-order valence-electron chi connectivity index (χ0n) is 14.8. The van der Waals surface area contributed by atoms with E-state index in [1.807, 2.05) is 24.3 Å². The van der Waals surface area contributed by atoms with Gasteiger partial charge in [0.15, 0.2) is 12.8 Å². The molecule has 2 aromatic heterocycles. The lowest BCUT2D eigenvalue weighted by Gasteiger charge is -2.25. The summed E-state index contributed by atoms with van der Waals surface area (Å²) in [5, 5.41) is 0. The largest absolute Gasteiger partial charge is 0.492 e. The molecule has 3 heterocycles. The van der Waals surface area contributed by atoms with E-state index >= 15 is 0 Å². The van der Waals surface area contributed by atoms with Crippen LogP contribution >= 0.6 is 0 Å². The fourth-order valence-electron chi connectivity index (χ4n) is 3.06. The van der Waals surface area contributed by atoms with Crippen LogP contribution in [-0.2, 0) is 24.4 Å². The molecular formula is C19H20N4O4. The Balaban J connectivity index is 1.46. The van der Waals surface area contributed by atoms with Crippen molar-refractivity contribution in [2.24, 2.45) is 0 Å². The Morgan fingerprint density at radius 1 is 1.07 bits per heavy atom. The summed E-state index contributed by atoms with van der Waals surface area (Å²) in [5.74, 6) is 0.870. The number of rotatable bonds is 6. The summed E-state index contributed by atoms with van der Waals surface area (Å²) in [6.07, 6.45) is 5.80. The molecule has 8 nitrogen and oxygen atoms in total. The van der Waals surface area contributed by atoms with E-state index in [9.17, 15) is 4.79 Å². The van der Waals surface area contributed by atoms with Crippen LogP contribution in [0.5, 0.6) is 5.75 Å². The Morgan fingerprint density at radius 3 is 2.44 bits per heavy atom. The van der Waals surface area contributed by atoms with Gasteiger partial charge in [-0.15, -0.1) is 0 Å². The van der Waals surface area contributed by atoms with Crippen LogP contribution in [0, 0.1) is 0 Å². The first kappa shape index (κ1) is 17.3. The van der Waals surface area contributed by atoms with Gasteiger partial charge in [0.2, 0.25) is 5.91 Å². The maximum Gasteiger partial charge on any atom is 0.237 e. The van der Waals surface area contributed by atoms with Crippen molar-refractivity contribution in [1.82, 2.24) is 19.8 Å². The Kier molecular flexibility index (Phi) is 5.15. The number of amides is 1. The minimum atomic E-state index is -0.0135. The molecule has 0 unspecified atom stereocenters. The van der Waals surface area contributed by atoms with Gasteiger partial charge in [0, 0.05) is 18.7 Å². The SMILES string of the molecule is O=C(CN1CCOc2ccccc2C1)N(Cc1cocn1)Cc1cocn1. The molecule has 0 N–H and O–H groups in total. The second-order valence-electron chi connectivity index (χ2n) is 6.38. The number of fused-ring (bicyclic) bond motifs is 1. The van der Waals surface area contributed by atoms with Crippen LogP contribution in [0.4, 0.5) is 0 Å². The lowest BCUT2D eigenvalue weighted by molar-refractivity contribution is -0.134. The highest BCUT2D eigenvalue weighted by Gasteiger charge is 2.22. The first-order valence-electron chi connectivity index (χ1n) is 8.73. The van der Waals surface area contributed by atoms with E-state index in [0.717, 1.165) is 11.3 Å². The first-order chi connectivity index (χ1) is 13.3. The maximum atomic E-state index is 13.0. The van der Waals surface area contributed by atoms with Crippen LogP contribution in [0.1, 0.15) is 17.0 Å². The highest BCUT2D eigenvalue weighted by atomic mass is 16.5. The Morgan fingerprint density at radius 2 is 1.78 bits per heavy atom. The molecule has 140 valence electrons. The van der Waals surface area contributed by atoms with E-state index in [1.165, 1.54) is 12.8 Å². The number of para-hydroxylation sites is 1. The molecule has 0 atom stereocenters. The van der Waals surface area contributed by atoms with Crippen molar-refractivity contribution >= 4 is 5.91 Å². The molecule has 0 fully saturated rings. The third-order valence-corrected chi connectivity index (χ3v) is 4.42. The topological polar surface area (TPSA) is 84.8 Å². The van der Waals surface area contributed by atoms with Crippen molar-refractivity contribution in [1.29, 1.82) is 0 Å². The molecule has 1 amide bonds. The van der Waals surface area contributed by atoms with Gasteiger partial charge in [-0.2, -0.15) is 0 Å². The predicted octanol–water partition coefficient (Wildman–Crippen LogP) is 2.09. The summed E-state index contributed by atoms with van der Waals surface area (Å²) in [6, 6.07) is 7.93. The van der Waals surface area contributed by atoms with Crippen LogP contribution in [-0.4, -0.2) is 45.4 Å². The van der Waals surface area contributed by atoms with E-state index in [1.54, 1.807) is 17.4 Å². The third kappa shape index (κ3) is 4.35. The van der Waals surface area contributed by atoms with E-state index in [-0.39, 0.29) is 12.5 Å². The van der Waals surface area contributed by atoms with Gasteiger partial charge in [0.05, 0.1) is 31.0 Å². The van der Waals surface area contributed by atoms with E-state index in [4.69, 9.17) is 13.6 Å². The molecule has 8 heteroatoms. The second kappa shape index (κ2) is 8.05. The number of hydrogen-bond acceptors (Lipinski definition) is 7. The van der Waals surface area contributed by atoms with Gasteiger partial charge in [-0.1, -0.05) is 18.2 Å². The normalized spacial score (nSPS) is 14.2. The van der Waals surface area contributed by atoms with E-state index in [2.05, 4.69) is 14.9 Å². The lowest BCUT2D eigenvalue weighted by Crippen LogP contribution is -2.40. The monoisotopic (exact) mass is 368 g/mol. The summed E-state index contributed by atoms with van der Waals surface area (Å²) in [5.41, 5.74) is 2.47. The number of benzene rings is 1. The Hall–Kier alpha value is -3.13. The quantitative estimate of drug-likeness (QED) is 0.658. The number of nitrogens with zero attached hydrogens (tertiary/aromatic N) is 4. The molecule has 3 aromatic rings. The fourth-order valence-corrected chi connectivity index (χ4v) is 3.06. The minimum Gasteiger partial charge on any atom is -0.492 e. The maximum absolute atomic E-state index is 13.0. The summed E-state index contributed by atoms with van der Waals surface area (Å²) < 4.78 is 15.8. The molecule has 0 aliphatic carbocycles.